The number of rotatable bonds is 5. The molecule has 0 saturated heterocycles. The maximum Gasteiger partial charge on any atom is 0.416 e. The van der Waals surface area contributed by atoms with Crippen LogP contribution in [0.15, 0.2) is 24.3 Å². The van der Waals surface area contributed by atoms with Crippen molar-refractivity contribution < 1.29 is 18.0 Å². The lowest BCUT2D eigenvalue weighted by Gasteiger charge is -2.26. The van der Waals surface area contributed by atoms with Gasteiger partial charge in [-0.1, -0.05) is 26.0 Å². The summed E-state index contributed by atoms with van der Waals surface area (Å²) < 4.78 is 40.1. The fraction of sp³-hybridized carbons (Fsp3) is 0.444. The average molecular weight is 366 g/mol. The van der Waals surface area contributed by atoms with E-state index in [4.69, 9.17) is 11.5 Å². The number of hydrogen-bond acceptors (Lipinski definition) is 3. The molecule has 1 saturated carbocycles. The third-order valence-corrected chi connectivity index (χ3v) is 5.10. The van der Waals surface area contributed by atoms with Gasteiger partial charge in [-0.15, -0.1) is 0 Å². The molecule has 1 aromatic carbocycles. The lowest BCUT2D eigenvalue weighted by molar-refractivity contribution is -0.137. The minimum absolute atomic E-state index is 0.160. The minimum Gasteiger partial charge on any atom is -0.383 e. The third-order valence-electron chi connectivity index (χ3n) is 5.10. The number of halogens is 3. The van der Waals surface area contributed by atoms with Crippen LogP contribution in [0, 0.1) is 5.41 Å². The molecule has 8 heteroatoms. The van der Waals surface area contributed by atoms with E-state index in [1.165, 1.54) is 12.1 Å². The van der Waals surface area contributed by atoms with Gasteiger partial charge in [-0.25, -0.2) is 4.68 Å². The second-order valence-corrected chi connectivity index (χ2v) is 7.05. The van der Waals surface area contributed by atoms with E-state index >= 15 is 0 Å². The summed E-state index contributed by atoms with van der Waals surface area (Å²) in [5.41, 5.74) is 12.1. The van der Waals surface area contributed by atoms with Gasteiger partial charge >= 0.3 is 6.18 Å². The zero-order valence-electron chi connectivity index (χ0n) is 14.6. The van der Waals surface area contributed by atoms with Crippen molar-refractivity contribution in [3.63, 3.8) is 0 Å². The fourth-order valence-electron chi connectivity index (χ4n) is 3.37. The molecule has 0 radical (unpaired) electrons. The first-order valence-electron chi connectivity index (χ1n) is 8.42. The van der Waals surface area contributed by atoms with Crippen LogP contribution in [0.5, 0.6) is 0 Å². The largest absolute Gasteiger partial charge is 0.416 e. The van der Waals surface area contributed by atoms with E-state index in [-0.39, 0.29) is 22.8 Å². The molecule has 26 heavy (non-hydrogen) atoms. The van der Waals surface area contributed by atoms with E-state index in [9.17, 15) is 18.0 Å². The molecule has 0 bridgehead atoms. The van der Waals surface area contributed by atoms with Gasteiger partial charge in [0, 0.05) is 0 Å². The van der Waals surface area contributed by atoms with E-state index < -0.39 is 17.6 Å². The molecule has 140 valence electrons. The summed E-state index contributed by atoms with van der Waals surface area (Å²) in [5.74, 6) is -0.495. The highest BCUT2D eigenvalue weighted by Crippen LogP contribution is 2.56. The van der Waals surface area contributed by atoms with Crippen LogP contribution in [-0.2, 0) is 12.6 Å². The number of benzene rings is 1. The van der Waals surface area contributed by atoms with Crippen molar-refractivity contribution in [1.82, 2.24) is 9.78 Å². The van der Waals surface area contributed by atoms with Crippen molar-refractivity contribution in [2.24, 2.45) is 11.1 Å². The highest BCUT2D eigenvalue weighted by molar-refractivity contribution is 5.98. The Balaban J connectivity index is 2.11. The maximum atomic E-state index is 12.9. The topological polar surface area (TPSA) is 86.9 Å². The van der Waals surface area contributed by atoms with Crippen molar-refractivity contribution in [3.05, 3.63) is 46.6 Å². The quantitative estimate of drug-likeness (QED) is 0.849. The van der Waals surface area contributed by atoms with Gasteiger partial charge in [0.15, 0.2) is 0 Å². The van der Waals surface area contributed by atoms with Gasteiger partial charge in [0.2, 0.25) is 0 Å². The molecule has 3 rings (SSSR count). The second kappa shape index (κ2) is 6.03. The van der Waals surface area contributed by atoms with Gasteiger partial charge in [-0.2, -0.15) is 18.3 Å². The lowest BCUT2D eigenvalue weighted by Crippen LogP contribution is -2.23. The second-order valence-electron chi connectivity index (χ2n) is 7.05. The maximum absolute atomic E-state index is 12.9. The van der Waals surface area contributed by atoms with E-state index in [0.717, 1.165) is 25.0 Å². The van der Waals surface area contributed by atoms with Crippen molar-refractivity contribution in [1.29, 1.82) is 0 Å². The van der Waals surface area contributed by atoms with Crippen LogP contribution in [0.4, 0.5) is 19.0 Å². The number of hydrogen-bond donors (Lipinski definition) is 2. The molecule has 0 aliphatic heterocycles. The fourth-order valence-corrected chi connectivity index (χ4v) is 3.37. The first kappa shape index (κ1) is 18.3. The van der Waals surface area contributed by atoms with E-state index in [1.54, 1.807) is 4.68 Å². The summed E-state index contributed by atoms with van der Waals surface area (Å²) in [6, 6.07) is 4.66. The number of nitrogen functional groups attached to an aromatic ring is 1. The van der Waals surface area contributed by atoms with Crippen LogP contribution in [0.1, 0.15) is 59.9 Å². The summed E-state index contributed by atoms with van der Waals surface area (Å²) in [7, 11) is 0. The number of primary amides is 1. The first-order valence-corrected chi connectivity index (χ1v) is 8.42. The molecular formula is C18H21F3N4O. The Morgan fingerprint density at radius 1 is 1.31 bits per heavy atom. The van der Waals surface area contributed by atoms with Crippen molar-refractivity contribution in [2.75, 3.05) is 5.73 Å². The van der Waals surface area contributed by atoms with E-state index in [2.05, 4.69) is 5.10 Å². The first-order chi connectivity index (χ1) is 12.1. The summed E-state index contributed by atoms with van der Waals surface area (Å²) in [6.45, 7) is 3.87. The predicted octanol–water partition coefficient (Wildman–Crippen LogP) is 3.53. The molecule has 1 aliphatic carbocycles. The molecule has 1 amide bonds. The molecule has 1 fully saturated rings. The SMILES string of the molecule is CCc1nn(C(c2ccc(C(F)(F)F)cc2)C2(C)CC2)c(N)c1C(N)=O. The number of amides is 1. The molecular weight excluding hydrogens is 345 g/mol. The molecule has 5 nitrogen and oxygen atoms in total. The molecule has 4 N–H and O–H groups in total. The zero-order valence-corrected chi connectivity index (χ0v) is 14.6. The Bertz CT molecular complexity index is 835. The van der Waals surface area contributed by atoms with E-state index in [0.29, 0.717) is 17.7 Å². The van der Waals surface area contributed by atoms with Crippen LogP contribution < -0.4 is 11.5 Å². The Morgan fingerprint density at radius 3 is 2.27 bits per heavy atom. The lowest BCUT2D eigenvalue weighted by atomic mass is 9.91. The van der Waals surface area contributed by atoms with Gasteiger partial charge in [0.1, 0.15) is 11.4 Å². The molecule has 1 aliphatic rings. The molecule has 0 spiro atoms. The highest BCUT2D eigenvalue weighted by atomic mass is 19.4. The van der Waals surface area contributed by atoms with Crippen molar-refractivity contribution in [3.8, 4) is 0 Å². The Morgan fingerprint density at radius 2 is 1.88 bits per heavy atom. The normalized spacial score (nSPS) is 17.1. The zero-order chi connectivity index (χ0) is 19.3. The monoisotopic (exact) mass is 366 g/mol. The number of anilines is 1. The molecule has 1 unspecified atom stereocenters. The third kappa shape index (κ3) is 3.04. The van der Waals surface area contributed by atoms with Crippen molar-refractivity contribution in [2.45, 2.75) is 45.3 Å². The summed E-state index contributed by atoms with van der Waals surface area (Å²) in [5, 5.41) is 4.47. The number of nitrogens with zero attached hydrogens (tertiary/aromatic N) is 2. The Kier molecular flexibility index (Phi) is 4.24. The molecule has 1 heterocycles. The summed E-state index contributed by atoms with van der Waals surface area (Å²) in [4.78, 5) is 11.8. The number of alkyl halides is 3. The van der Waals surface area contributed by atoms with Gasteiger partial charge in [-0.3, -0.25) is 4.79 Å². The van der Waals surface area contributed by atoms with Crippen LogP contribution >= 0.6 is 0 Å². The summed E-state index contributed by atoms with van der Waals surface area (Å²) >= 11 is 0. The van der Waals surface area contributed by atoms with Crippen LogP contribution in [0.3, 0.4) is 0 Å². The number of carbonyl (C=O) groups excluding carboxylic acids is 1. The number of aromatic nitrogens is 2. The Labute approximate surface area is 149 Å². The minimum atomic E-state index is -4.39. The number of aryl methyl sites for hydroxylation is 1. The number of nitrogens with two attached hydrogens (primary N) is 2. The van der Waals surface area contributed by atoms with Gasteiger partial charge in [-0.05, 0) is 42.4 Å². The van der Waals surface area contributed by atoms with Crippen LogP contribution in [0.2, 0.25) is 0 Å². The Hall–Kier alpha value is -2.51. The molecule has 1 aromatic heterocycles. The van der Waals surface area contributed by atoms with Crippen LogP contribution in [0.25, 0.3) is 0 Å². The summed E-state index contributed by atoms with van der Waals surface area (Å²) in [6.07, 6.45) is -2.13. The standard InChI is InChI=1S/C18H21F3N4O/c1-3-12-13(16(23)26)15(22)25(24-12)14(17(2)8-9-17)10-4-6-11(7-5-10)18(19,20)21/h4-7,14H,3,8-9,22H2,1-2H3,(H2,23,26). The van der Waals surface area contributed by atoms with Gasteiger partial charge in [0.25, 0.3) is 5.91 Å². The van der Waals surface area contributed by atoms with Crippen LogP contribution in [-0.4, -0.2) is 15.7 Å². The molecule has 2 aromatic rings. The number of carbonyl (C=O) groups is 1. The molecule has 1 atom stereocenters. The highest BCUT2D eigenvalue weighted by Gasteiger charge is 2.48. The van der Waals surface area contributed by atoms with Crippen molar-refractivity contribution >= 4 is 11.7 Å². The smallest absolute Gasteiger partial charge is 0.383 e. The van der Waals surface area contributed by atoms with Gasteiger partial charge in [0.05, 0.1) is 17.3 Å². The predicted molar refractivity (Wildman–Crippen MR) is 91.5 cm³/mol. The van der Waals surface area contributed by atoms with Gasteiger partial charge < -0.3 is 11.5 Å². The average Bonchev–Trinajstić information content (AvgIpc) is 3.21. The van der Waals surface area contributed by atoms with E-state index in [1.807, 2.05) is 13.8 Å².